The van der Waals surface area contributed by atoms with Gasteiger partial charge in [0.25, 0.3) is 0 Å². The largest absolute Gasteiger partial charge is 0.333 e. The van der Waals surface area contributed by atoms with Crippen molar-refractivity contribution in [3.8, 4) is 0 Å². The Morgan fingerprint density at radius 1 is 1.10 bits per heavy atom. The van der Waals surface area contributed by atoms with Crippen LogP contribution in [-0.2, 0) is 4.79 Å². The van der Waals surface area contributed by atoms with Gasteiger partial charge in [0.2, 0.25) is 5.91 Å². The fourth-order valence-electron chi connectivity index (χ4n) is 6.50. The number of halogens is 3. The second-order valence-electron chi connectivity index (χ2n) is 9.46. The highest BCUT2D eigenvalue weighted by Crippen LogP contribution is 2.57. The number of anilines is 1. The van der Waals surface area contributed by atoms with Gasteiger partial charge in [0, 0.05) is 35.5 Å². The summed E-state index contributed by atoms with van der Waals surface area (Å²) >= 11 is 14.2. The molecule has 4 saturated carbocycles. The van der Waals surface area contributed by atoms with Gasteiger partial charge in [0.05, 0.1) is 5.54 Å². The lowest BCUT2D eigenvalue weighted by Gasteiger charge is -2.55. The van der Waals surface area contributed by atoms with Crippen molar-refractivity contribution in [3.63, 3.8) is 0 Å². The molecule has 1 aromatic rings. The van der Waals surface area contributed by atoms with Gasteiger partial charge >= 0.3 is 0 Å². The van der Waals surface area contributed by atoms with E-state index in [0.717, 1.165) is 34.4 Å². The van der Waals surface area contributed by atoms with Crippen LogP contribution in [0.25, 0.3) is 0 Å². The van der Waals surface area contributed by atoms with Crippen molar-refractivity contribution in [1.29, 1.82) is 0 Å². The summed E-state index contributed by atoms with van der Waals surface area (Å²) in [7, 11) is 2.06. The van der Waals surface area contributed by atoms with Gasteiger partial charge in [-0.1, -0.05) is 35.0 Å². The number of nitrogens with zero attached hydrogens (tertiary/aromatic N) is 3. The molecule has 4 aliphatic carbocycles. The van der Waals surface area contributed by atoms with Crippen LogP contribution in [0, 0.1) is 17.8 Å². The summed E-state index contributed by atoms with van der Waals surface area (Å²) in [5, 5.41) is 2.15. The van der Waals surface area contributed by atoms with Gasteiger partial charge in [-0.05, 0) is 74.5 Å². The number of aliphatic imine (C=N–C) groups is 1. The topological polar surface area (TPSA) is 35.9 Å². The molecule has 8 heteroatoms. The van der Waals surface area contributed by atoms with Crippen LogP contribution in [0.1, 0.15) is 45.4 Å². The van der Waals surface area contributed by atoms with Crippen LogP contribution in [0.4, 0.5) is 5.69 Å². The van der Waals surface area contributed by atoms with Crippen LogP contribution in [-0.4, -0.2) is 40.5 Å². The van der Waals surface area contributed by atoms with Crippen molar-refractivity contribution in [3.05, 3.63) is 28.2 Å². The molecular formula is C22H28Cl3N3OS. The van der Waals surface area contributed by atoms with E-state index in [-0.39, 0.29) is 30.0 Å². The zero-order valence-electron chi connectivity index (χ0n) is 17.3. The zero-order valence-corrected chi connectivity index (χ0v) is 20.5. The molecule has 0 spiro atoms. The summed E-state index contributed by atoms with van der Waals surface area (Å²) in [6, 6.07) is 5.31. The number of benzene rings is 1. The molecule has 5 fully saturated rings. The Kier molecular flexibility index (Phi) is 6.31. The molecule has 1 unspecified atom stereocenters. The maximum absolute atomic E-state index is 12.6. The van der Waals surface area contributed by atoms with Gasteiger partial charge in [-0.25, -0.2) is 0 Å². The second-order valence-corrected chi connectivity index (χ2v) is 11.3. The first kappa shape index (κ1) is 22.6. The van der Waals surface area contributed by atoms with E-state index in [1.165, 1.54) is 38.5 Å². The molecule has 1 atom stereocenters. The predicted octanol–water partition coefficient (Wildman–Crippen LogP) is 6.10. The molecule has 1 aliphatic heterocycles. The van der Waals surface area contributed by atoms with Gasteiger partial charge < -0.3 is 4.90 Å². The third-order valence-corrected chi connectivity index (χ3v) is 8.75. The minimum absolute atomic E-state index is 0. The van der Waals surface area contributed by atoms with E-state index in [4.69, 9.17) is 28.2 Å². The Labute approximate surface area is 199 Å². The SMILES string of the molecule is CC(=O)N(c1cc(Cl)cc(Cl)c1)C1CSC(=NC23CC4CC(CC(C4)C2)C3)N1C.Cl. The van der Waals surface area contributed by atoms with Crippen LogP contribution in [0.15, 0.2) is 23.2 Å². The lowest BCUT2D eigenvalue weighted by molar-refractivity contribution is -0.117. The first-order chi connectivity index (χ1) is 13.8. The second kappa shape index (κ2) is 8.38. The van der Waals surface area contributed by atoms with Crippen LogP contribution >= 0.6 is 47.4 Å². The van der Waals surface area contributed by atoms with Gasteiger partial charge in [0.1, 0.15) is 6.17 Å². The number of amides is 1. The van der Waals surface area contributed by atoms with E-state index in [2.05, 4.69) is 11.9 Å². The predicted molar refractivity (Wildman–Crippen MR) is 129 cm³/mol. The van der Waals surface area contributed by atoms with Gasteiger partial charge in [-0.15, -0.1) is 12.4 Å². The van der Waals surface area contributed by atoms with Crippen LogP contribution in [0.3, 0.4) is 0 Å². The summed E-state index contributed by atoms with van der Waals surface area (Å²) in [6.07, 6.45) is 7.93. The zero-order chi connectivity index (χ0) is 20.3. The van der Waals surface area contributed by atoms with Gasteiger partial charge in [0.15, 0.2) is 5.17 Å². The Hall–Kier alpha value is -0.620. The quantitative estimate of drug-likeness (QED) is 0.516. The number of rotatable bonds is 3. The summed E-state index contributed by atoms with van der Waals surface area (Å²) in [5.41, 5.74) is 0.879. The number of thioether (sulfide) groups is 1. The van der Waals surface area contributed by atoms with E-state index < -0.39 is 0 Å². The molecule has 1 saturated heterocycles. The average Bonchev–Trinajstić information content (AvgIpc) is 2.93. The third-order valence-electron chi connectivity index (χ3n) is 7.21. The smallest absolute Gasteiger partial charge is 0.225 e. The Bertz CT molecular complexity index is 822. The highest BCUT2D eigenvalue weighted by Gasteiger charge is 2.51. The summed E-state index contributed by atoms with van der Waals surface area (Å²) in [6.45, 7) is 1.60. The third kappa shape index (κ3) is 4.07. The summed E-state index contributed by atoms with van der Waals surface area (Å²) in [5.74, 6) is 3.41. The van der Waals surface area contributed by atoms with Crippen LogP contribution < -0.4 is 4.90 Å². The van der Waals surface area contributed by atoms with Crippen molar-refractivity contribution in [2.45, 2.75) is 57.2 Å². The molecular weight excluding hydrogens is 461 g/mol. The van der Waals surface area contributed by atoms with E-state index in [1.54, 1.807) is 29.7 Å². The molecule has 30 heavy (non-hydrogen) atoms. The van der Waals surface area contributed by atoms with Gasteiger partial charge in [-0.2, -0.15) is 0 Å². The minimum atomic E-state index is -0.0836. The lowest BCUT2D eigenvalue weighted by Crippen LogP contribution is -2.51. The number of carbonyl (C=O) groups excluding carboxylic acids is 1. The van der Waals surface area contributed by atoms with Crippen LogP contribution in [0.2, 0.25) is 10.0 Å². The molecule has 1 amide bonds. The van der Waals surface area contributed by atoms with Crippen molar-refractivity contribution < 1.29 is 4.79 Å². The molecule has 0 N–H and O–H groups in total. The monoisotopic (exact) mass is 487 g/mol. The van der Waals surface area contributed by atoms with E-state index in [9.17, 15) is 4.79 Å². The molecule has 4 bridgehead atoms. The highest BCUT2D eigenvalue weighted by molar-refractivity contribution is 8.14. The number of hydrogen-bond donors (Lipinski definition) is 0. The minimum Gasteiger partial charge on any atom is -0.333 e. The fourth-order valence-corrected chi connectivity index (χ4v) is 8.26. The molecule has 1 aromatic carbocycles. The van der Waals surface area contributed by atoms with E-state index in [1.807, 2.05) is 12.1 Å². The van der Waals surface area contributed by atoms with Crippen molar-refractivity contribution in [1.82, 2.24) is 4.90 Å². The molecule has 164 valence electrons. The average molecular weight is 489 g/mol. The highest BCUT2D eigenvalue weighted by atomic mass is 35.5. The molecule has 0 aromatic heterocycles. The first-order valence-electron chi connectivity index (χ1n) is 10.5. The van der Waals surface area contributed by atoms with Crippen molar-refractivity contribution >= 4 is 64.1 Å². The maximum atomic E-state index is 12.6. The molecule has 6 rings (SSSR count). The lowest BCUT2D eigenvalue weighted by atomic mass is 9.53. The maximum Gasteiger partial charge on any atom is 0.225 e. The summed E-state index contributed by atoms with van der Waals surface area (Å²) in [4.78, 5) is 21.9. The number of amidine groups is 1. The Morgan fingerprint density at radius 2 is 1.63 bits per heavy atom. The fraction of sp³-hybridized carbons (Fsp3) is 0.636. The number of carbonyl (C=O) groups is 1. The van der Waals surface area contributed by atoms with E-state index >= 15 is 0 Å². The molecule has 5 aliphatic rings. The molecule has 1 heterocycles. The number of hydrogen-bond acceptors (Lipinski definition) is 3. The van der Waals surface area contributed by atoms with Crippen molar-refractivity contribution in [2.75, 3.05) is 17.7 Å². The standard InChI is InChI=1S/C22H27Cl2N3OS.ClH/c1-13(28)27(19-7-17(23)6-18(24)8-19)20-12-29-21(26(20)2)25-22-9-14-3-15(10-22)5-16(4-14)11-22;/h6-8,14-16,20H,3-5,9-12H2,1-2H3;1H. The molecule has 0 radical (unpaired) electrons. The normalized spacial score (nSPS) is 35.6. The van der Waals surface area contributed by atoms with Crippen LogP contribution in [0.5, 0.6) is 0 Å². The Balaban J connectivity index is 0.00000218. The molecule has 4 nitrogen and oxygen atoms in total. The van der Waals surface area contributed by atoms with E-state index in [0.29, 0.717) is 10.0 Å². The van der Waals surface area contributed by atoms with Gasteiger partial charge in [-0.3, -0.25) is 14.7 Å². The summed E-state index contributed by atoms with van der Waals surface area (Å²) < 4.78 is 0. The Morgan fingerprint density at radius 3 is 2.13 bits per heavy atom. The van der Waals surface area contributed by atoms with Crippen molar-refractivity contribution in [2.24, 2.45) is 22.7 Å². The first-order valence-corrected chi connectivity index (χ1v) is 12.3.